The molecule has 3 nitrogen and oxygen atoms in total. The molecule has 0 aromatic heterocycles. The first-order chi connectivity index (χ1) is 6.11. The number of likely N-dealkylation sites (N-methyl/N-ethyl adjacent to an activating group) is 1. The first kappa shape index (κ1) is 8.69. The molecule has 2 rings (SSSR count). The summed E-state index contributed by atoms with van der Waals surface area (Å²) >= 11 is 3.19. The maximum absolute atomic E-state index is 9.61. The Kier molecular flexibility index (Phi) is 1.87. The molecule has 0 bridgehead atoms. The molecule has 0 saturated heterocycles. The number of benzene rings is 1. The third-order valence-electron chi connectivity index (χ3n) is 2.42. The molecule has 0 radical (unpaired) electrons. The molecule has 0 amide bonds. The summed E-state index contributed by atoms with van der Waals surface area (Å²) in [6, 6.07) is 1.83. The van der Waals surface area contributed by atoms with Gasteiger partial charge in [0.05, 0.1) is 4.47 Å². The van der Waals surface area contributed by atoms with E-state index in [1.807, 2.05) is 13.1 Å². The number of phenolic OH excluding ortho intramolecular Hbond substituents is 2. The molecule has 1 aliphatic heterocycles. The van der Waals surface area contributed by atoms with Crippen LogP contribution in [0.5, 0.6) is 11.5 Å². The van der Waals surface area contributed by atoms with E-state index in [2.05, 4.69) is 20.8 Å². The molecule has 1 aromatic rings. The Hall–Kier alpha value is -0.900. The van der Waals surface area contributed by atoms with Gasteiger partial charge in [-0.05, 0) is 28.4 Å². The molecule has 13 heavy (non-hydrogen) atoms. The summed E-state index contributed by atoms with van der Waals surface area (Å²) < 4.78 is 0.539. The maximum Gasteiger partial charge on any atom is 0.172 e. The number of anilines is 1. The van der Waals surface area contributed by atoms with E-state index in [9.17, 15) is 10.2 Å². The van der Waals surface area contributed by atoms with Crippen LogP contribution in [0.15, 0.2) is 10.5 Å². The van der Waals surface area contributed by atoms with Gasteiger partial charge in [-0.3, -0.25) is 0 Å². The van der Waals surface area contributed by atoms with Crippen molar-refractivity contribution in [3.8, 4) is 11.5 Å². The zero-order valence-corrected chi connectivity index (χ0v) is 8.80. The van der Waals surface area contributed by atoms with Crippen LogP contribution < -0.4 is 4.90 Å². The molecule has 0 fully saturated rings. The van der Waals surface area contributed by atoms with Crippen LogP contribution in [0.4, 0.5) is 5.69 Å². The highest BCUT2D eigenvalue weighted by Crippen LogP contribution is 2.44. The standard InChI is InChI=1S/C9H10BrNO2/c1-11-3-2-5-7(11)4-6(10)9(13)8(5)12/h4,12-13H,2-3H2,1H3. The minimum Gasteiger partial charge on any atom is -0.504 e. The molecular formula is C9H10BrNO2. The number of nitrogens with zero attached hydrogens (tertiary/aromatic N) is 1. The zero-order valence-electron chi connectivity index (χ0n) is 7.21. The molecule has 0 saturated carbocycles. The molecule has 1 aromatic carbocycles. The van der Waals surface area contributed by atoms with Crippen molar-refractivity contribution in [1.82, 2.24) is 0 Å². The zero-order chi connectivity index (χ0) is 9.59. The normalized spacial score (nSPS) is 14.8. The van der Waals surface area contributed by atoms with E-state index in [1.54, 1.807) is 0 Å². The molecule has 1 aliphatic rings. The van der Waals surface area contributed by atoms with Crippen molar-refractivity contribution in [1.29, 1.82) is 0 Å². The highest BCUT2D eigenvalue weighted by molar-refractivity contribution is 9.10. The topological polar surface area (TPSA) is 43.7 Å². The molecule has 2 N–H and O–H groups in total. The summed E-state index contributed by atoms with van der Waals surface area (Å²) in [4.78, 5) is 2.05. The summed E-state index contributed by atoms with van der Waals surface area (Å²) in [5, 5.41) is 19.1. The number of phenols is 2. The predicted molar refractivity (Wildman–Crippen MR) is 54.4 cm³/mol. The molecule has 0 aliphatic carbocycles. The van der Waals surface area contributed by atoms with Gasteiger partial charge in [0, 0.05) is 24.8 Å². The van der Waals surface area contributed by atoms with Gasteiger partial charge in [-0.2, -0.15) is 0 Å². The van der Waals surface area contributed by atoms with Gasteiger partial charge >= 0.3 is 0 Å². The maximum atomic E-state index is 9.61. The lowest BCUT2D eigenvalue weighted by atomic mass is 10.1. The monoisotopic (exact) mass is 243 g/mol. The van der Waals surface area contributed by atoms with Crippen LogP contribution >= 0.6 is 15.9 Å². The number of fused-ring (bicyclic) bond motifs is 1. The van der Waals surface area contributed by atoms with Crippen LogP contribution in [0.1, 0.15) is 5.56 Å². The summed E-state index contributed by atoms with van der Waals surface area (Å²) in [6.45, 7) is 0.888. The summed E-state index contributed by atoms with van der Waals surface area (Å²) in [5.74, 6) is -0.0530. The number of aromatic hydroxyl groups is 2. The number of hydrogen-bond acceptors (Lipinski definition) is 3. The van der Waals surface area contributed by atoms with E-state index < -0.39 is 0 Å². The minimum atomic E-state index is -0.0611. The van der Waals surface area contributed by atoms with Crippen molar-refractivity contribution in [2.24, 2.45) is 0 Å². The van der Waals surface area contributed by atoms with Gasteiger partial charge in [0.25, 0.3) is 0 Å². The number of halogens is 1. The molecular weight excluding hydrogens is 234 g/mol. The lowest BCUT2D eigenvalue weighted by Gasteiger charge is -2.13. The Morgan fingerprint density at radius 1 is 1.38 bits per heavy atom. The lowest BCUT2D eigenvalue weighted by molar-refractivity contribution is 0.398. The Balaban J connectivity index is 2.67. The summed E-state index contributed by atoms with van der Waals surface area (Å²) in [7, 11) is 1.97. The summed E-state index contributed by atoms with van der Waals surface area (Å²) in [6.07, 6.45) is 0.790. The molecule has 0 atom stereocenters. The Labute approximate surface area is 84.7 Å². The summed E-state index contributed by atoms with van der Waals surface area (Å²) in [5.41, 5.74) is 1.82. The fraction of sp³-hybridized carbons (Fsp3) is 0.333. The van der Waals surface area contributed by atoms with Crippen LogP contribution in [0.25, 0.3) is 0 Å². The van der Waals surface area contributed by atoms with E-state index in [-0.39, 0.29) is 11.5 Å². The highest BCUT2D eigenvalue weighted by atomic mass is 79.9. The Morgan fingerprint density at radius 2 is 2.08 bits per heavy atom. The minimum absolute atomic E-state index is 0.00808. The van der Waals surface area contributed by atoms with Crippen LogP contribution in [0.3, 0.4) is 0 Å². The van der Waals surface area contributed by atoms with E-state index in [0.29, 0.717) is 4.47 Å². The second kappa shape index (κ2) is 2.80. The van der Waals surface area contributed by atoms with Crippen molar-refractivity contribution >= 4 is 21.6 Å². The van der Waals surface area contributed by atoms with Gasteiger partial charge in [0.15, 0.2) is 11.5 Å². The van der Waals surface area contributed by atoms with Crippen LogP contribution in [0, 0.1) is 0 Å². The highest BCUT2D eigenvalue weighted by Gasteiger charge is 2.23. The second-order valence-corrected chi connectivity index (χ2v) is 4.08. The van der Waals surface area contributed by atoms with Crippen LogP contribution in [-0.2, 0) is 6.42 Å². The van der Waals surface area contributed by atoms with Crippen molar-refractivity contribution in [3.63, 3.8) is 0 Å². The molecule has 70 valence electrons. The largest absolute Gasteiger partial charge is 0.504 e. The number of rotatable bonds is 0. The van der Waals surface area contributed by atoms with E-state index in [1.165, 1.54) is 0 Å². The third-order valence-corrected chi connectivity index (χ3v) is 3.02. The van der Waals surface area contributed by atoms with Gasteiger partial charge < -0.3 is 15.1 Å². The van der Waals surface area contributed by atoms with E-state index in [0.717, 1.165) is 24.2 Å². The van der Waals surface area contributed by atoms with Crippen molar-refractivity contribution in [2.75, 3.05) is 18.5 Å². The average molecular weight is 244 g/mol. The second-order valence-electron chi connectivity index (χ2n) is 3.22. The third kappa shape index (κ3) is 1.16. The van der Waals surface area contributed by atoms with Gasteiger partial charge in [-0.25, -0.2) is 0 Å². The van der Waals surface area contributed by atoms with Crippen molar-refractivity contribution < 1.29 is 10.2 Å². The number of hydrogen-bond donors (Lipinski definition) is 2. The quantitative estimate of drug-likeness (QED) is 0.684. The average Bonchev–Trinajstić information content (AvgIpc) is 2.45. The molecule has 4 heteroatoms. The first-order valence-corrected chi connectivity index (χ1v) is 4.85. The van der Waals surface area contributed by atoms with Crippen molar-refractivity contribution in [2.45, 2.75) is 6.42 Å². The molecule has 0 unspecified atom stereocenters. The fourth-order valence-electron chi connectivity index (χ4n) is 1.64. The Bertz CT molecular complexity index is 365. The van der Waals surface area contributed by atoms with Gasteiger partial charge in [0.1, 0.15) is 0 Å². The lowest BCUT2D eigenvalue weighted by Crippen LogP contribution is -2.12. The smallest absolute Gasteiger partial charge is 0.172 e. The van der Waals surface area contributed by atoms with Gasteiger partial charge in [-0.1, -0.05) is 0 Å². The van der Waals surface area contributed by atoms with E-state index in [4.69, 9.17) is 0 Å². The fourth-order valence-corrected chi connectivity index (χ4v) is 2.04. The van der Waals surface area contributed by atoms with Crippen LogP contribution in [-0.4, -0.2) is 23.8 Å². The van der Waals surface area contributed by atoms with Crippen LogP contribution in [0.2, 0.25) is 0 Å². The van der Waals surface area contributed by atoms with Crippen molar-refractivity contribution in [3.05, 3.63) is 16.1 Å². The van der Waals surface area contributed by atoms with E-state index >= 15 is 0 Å². The molecule has 1 heterocycles. The van der Waals surface area contributed by atoms with Gasteiger partial charge in [-0.15, -0.1) is 0 Å². The first-order valence-electron chi connectivity index (χ1n) is 4.05. The van der Waals surface area contributed by atoms with Gasteiger partial charge in [0.2, 0.25) is 0 Å². The SMILES string of the molecule is CN1CCc2c1cc(Br)c(O)c2O. The molecule has 0 spiro atoms. The Morgan fingerprint density at radius 3 is 2.77 bits per heavy atom. The predicted octanol–water partition coefficient (Wildman–Crippen LogP) is 1.85.